The topological polar surface area (TPSA) is 0 Å². The lowest BCUT2D eigenvalue weighted by Crippen LogP contribution is -1.72. The van der Waals surface area contributed by atoms with Crippen molar-refractivity contribution in [2.75, 3.05) is 0 Å². The second-order valence-corrected chi connectivity index (χ2v) is 5.45. The Hall–Kier alpha value is 1.47. The first-order valence-electron chi connectivity index (χ1n) is 2.18. The lowest BCUT2D eigenvalue weighted by atomic mass is 10.6. The van der Waals surface area contributed by atoms with Crippen molar-refractivity contribution in [3.8, 4) is 0 Å². The zero-order valence-electron chi connectivity index (χ0n) is 4.25. The van der Waals surface area contributed by atoms with E-state index in [1.807, 2.05) is 6.92 Å². The van der Waals surface area contributed by atoms with Gasteiger partial charge < -0.3 is 12.9 Å². The van der Waals surface area contributed by atoms with Crippen molar-refractivity contribution >= 4 is 47.0 Å². The summed E-state index contributed by atoms with van der Waals surface area (Å²) < 4.78 is 2.56. The maximum Gasteiger partial charge on any atom is 0.473 e. The Morgan fingerprint density at radius 3 is 2.57 bits per heavy atom. The molecule has 38 valence electrons. The third kappa shape index (κ3) is 5.34. The van der Waals surface area contributed by atoms with Crippen molar-refractivity contribution in [3.63, 3.8) is 0 Å². The molecule has 0 spiro atoms. The van der Waals surface area contributed by atoms with E-state index in [2.05, 4.69) is 34.9 Å². The van der Waals surface area contributed by atoms with Crippen molar-refractivity contribution in [2.45, 2.75) is 11.5 Å². The van der Waals surface area contributed by atoms with Crippen LogP contribution in [0.5, 0.6) is 0 Å². The monoisotopic (exact) mass is 236 g/mol. The first-order valence-corrected chi connectivity index (χ1v) is 7.87. The maximum atomic E-state index is 3.46. The number of hydrogen-bond acceptors (Lipinski definition) is 0. The summed E-state index contributed by atoms with van der Waals surface area (Å²) in [7, 11) is 0. The average molecular weight is 238 g/mol. The highest BCUT2D eigenvalue weighted by Crippen LogP contribution is 2.09. The Bertz CT molecular complexity index is 70.1. The molecule has 0 aliphatic carbocycles. The molecule has 3 heteroatoms. The van der Waals surface area contributed by atoms with Gasteiger partial charge in [0, 0.05) is 0 Å². The molecule has 0 atom stereocenters. The molecule has 0 saturated heterocycles. The molecule has 7 heavy (non-hydrogen) atoms. The summed E-state index contributed by atoms with van der Waals surface area (Å²) in [6.07, 6.45) is 2.09. The Morgan fingerprint density at radius 1 is 1.86 bits per heavy atom. The van der Waals surface area contributed by atoms with Gasteiger partial charge in [-0.3, -0.25) is 0 Å². The molecule has 0 unspecified atom stereocenters. The normalized spacial score (nSPS) is 11.0. The smallest absolute Gasteiger partial charge is 0.306 e. The number of allylic oxidation sites excluding steroid dienone is 2. The summed E-state index contributed by atoms with van der Waals surface area (Å²) in [5, 5.41) is 0. The Labute approximate surface area is 68.5 Å². The summed E-state index contributed by atoms with van der Waals surface area (Å²) >= 11 is 6.91. The molecular formula is C4H6Br2Mg. The largest absolute Gasteiger partial charge is 0.473 e. The fourth-order valence-electron chi connectivity index (χ4n) is 0.235. The van der Waals surface area contributed by atoms with E-state index in [-0.39, 0.29) is 18.2 Å². The van der Waals surface area contributed by atoms with Crippen LogP contribution in [0.1, 0.15) is 6.92 Å². The third-order valence-electron chi connectivity index (χ3n) is 0.647. The van der Waals surface area contributed by atoms with Crippen molar-refractivity contribution < 1.29 is 0 Å². The van der Waals surface area contributed by atoms with Gasteiger partial charge in [-0.15, -0.1) is 0 Å². The molecule has 0 fully saturated rings. The van der Waals surface area contributed by atoms with Crippen LogP contribution in [-0.2, 0) is 0 Å². The highest BCUT2D eigenvalue weighted by molar-refractivity contribution is 9.23. The van der Waals surface area contributed by atoms with E-state index in [1.54, 1.807) is 0 Å². The van der Waals surface area contributed by atoms with Crippen LogP contribution >= 0.6 is 28.8 Å². The Balaban J connectivity index is 3.17. The van der Waals surface area contributed by atoms with Gasteiger partial charge in [-0.05, 0) is 11.4 Å². The maximum absolute atomic E-state index is 3.46. The van der Waals surface area contributed by atoms with Gasteiger partial charge >= 0.3 is 18.2 Å². The number of hydrogen-bond donors (Lipinski definition) is 0. The highest BCUT2D eigenvalue weighted by Gasteiger charge is 1.89. The van der Waals surface area contributed by atoms with E-state index in [9.17, 15) is 0 Å². The van der Waals surface area contributed by atoms with E-state index in [0.29, 0.717) is 0 Å². The summed E-state index contributed by atoms with van der Waals surface area (Å²) in [6, 6.07) is 0. The molecule has 0 nitrogen and oxygen atoms in total. The standard InChI is InChI=1S/C4H6Br.BrH.Mg/c1-3-4(2)5;;/h3H,2H2,1H3;1H;/q;;+1/p-1. The van der Waals surface area contributed by atoms with Crippen LogP contribution in [-0.4, -0.2) is 18.2 Å². The second kappa shape index (κ2) is 5.60. The number of rotatable bonds is 2. The van der Waals surface area contributed by atoms with Gasteiger partial charge in [0.2, 0.25) is 0 Å². The summed E-state index contributed by atoms with van der Waals surface area (Å²) in [5.74, 6) is 0. The fourth-order valence-corrected chi connectivity index (χ4v) is 4.18. The zero-order chi connectivity index (χ0) is 5.70. The summed E-state index contributed by atoms with van der Waals surface area (Å²) in [5.41, 5.74) is 0. The van der Waals surface area contributed by atoms with Crippen LogP contribution in [0.25, 0.3) is 0 Å². The average Bonchev–Trinajstić information content (AvgIpc) is 1.68. The molecule has 0 radical (unpaired) electrons. The van der Waals surface area contributed by atoms with E-state index in [0.717, 1.165) is 0 Å². The first kappa shape index (κ1) is 8.47. The Morgan fingerprint density at radius 2 is 2.43 bits per heavy atom. The summed E-state index contributed by atoms with van der Waals surface area (Å²) in [4.78, 5) is 0. The van der Waals surface area contributed by atoms with Crippen molar-refractivity contribution in [2.24, 2.45) is 0 Å². The van der Waals surface area contributed by atoms with Crippen LogP contribution in [0.15, 0.2) is 10.6 Å². The molecule has 0 aliphatic rings. The number of halogens is 2. The molecule has 0 amide bonds. The predicted octanol–water partition coefficient (Wildman–Crippen LogP) is 2.72. The SMILES string of the molecule is CC=C(Br)[CH2][Mg][Br]. The minimum Gasteiger partial charge on any atom is -0.306 e. The molecule has 0 heterocycles. The minimum atomic E-state index is 0.0529. The van der Waals surface area contributed by atoms with E-state index in [4.69, 9.17) is 0 Å². The molecule has 0 aromatic carbocycles. The van der Waals surface area contributed by atoms with Gasteiger partial charge in [0.05, 0.1) is 0 Å². The van der Waals surface area contributed by atoms with Crippen LogP contribution in [0.4, 0.5) is 0 Å². The Kier molecular flexibility index (Phi) is 6.77. The summed E-state index contributed by atoms with van der Waals surface area (Å²) in [6.45, 7) is 2.04. The predicted molar refractivity (Wildman–Crippen MR) is 42.2 cm³/mol. The second-order valence-electron chi connectivity index (χ2n) is 1.17. The molecule has 0 N–H and O–H groups in total. The molecule has 0 saturated carbocycles. The first-order chi connectivity index (χ1) is 3.31. The highest BCUT2D eigenvalue weighted by atomic mass is 79.9. The van der Waals surface area contributed by atoms with E-state index in [1.165, 1.54) is 9.03 Å². The van der Waals surface area contributed by atoms with Crippen molar-refractivity contribution in [3.05, 3.63) is 10.6 Å². The molecule has 0 aromatic heterocycles. The molecule has 0 aromatic rings. The zero-order valence-corrected chi connectivity index (χ0v) is 8.83. The lowest BCUT2D eigenvalue weighted by Gasteiger charge is -1.85. The van der Waals surface area contributed by atoms with E-state index < -0.39 is 0 Å². The van der Waals surface area contributed by atoms with Gasteiger partial charge in [0.15, 0.2) is 0 Å². The van der Waals surface area contributed by atoms with Crippen molar-refractivity contribution in [1.29, 1.82) is 0 Å². The van der Waals surface area contributed by atoms with Gasteiger partial charge in [-0.2, -0.15) is 0 Å². The quantitative estimate of drug-likeness (QED) is 0.649. The molecule has 0 rings (SSSR count). The van der Waals surface area contributed by atoms with Crippen LogP contribution in [0, 0.1) is 0 Å². The van der Waals surface area contributed by atoms with Gasteiger partial charge in [0.1, 0.15) is 0 Å². The lowest BCUT2D eigenvalue weighted by molar-refractivity contribution is 1.59. The molecule has 0 bridgehead atoms. The minimum absolute atomic E-state index is 0.0529. The van der Waals surface area contributed by atoms with Gasteiger partial charge in [-0.1, -0.05) is 26.6 Å². The third-order valence-corrected chi connectivity index (χ3v) is 4.15. The van der Waals surface area contributed by atoms with Crippen LogP contribution in [0.3, 0.4) is 0 Å². The van der Waals surface area contributed by atoms with Gasteiger partial charge in [0.25, 0.3) is 0 Å². The molecular weight excluding hydrogens is 232 g/mol. The van der Waals surface area contributed by atoms with Crippen LogP contribution < -0.4 is 0 Å². The van der Waals surface area contributed by atoms with Gasteiger partial charge in [-0.25, -0.2) is 0 Å². The van der Waals surface area contributed by atoms with Crippen LogP contribution in [0.2, 0.25) is 4.55 Å². The fraction of sp³-hybridized carbons (Fsp3) is 0.500. The molecule has 0 aliphatic heterocycles. The van der Waals surface area contributed by atoms with E-state index >= 15 is 0 Å². The van der Waals surface area contributed by atoms with Crippen molar-refractivity contribution in [1.82, 2.24) is 0 Å².